The topological polar surface area (TPSA) is 284 Å². The smallest absolute Gasteiger partial charge is 0.314 e. The molecule has 6 fully saturated rings. The second kappa shape index (κ2) is 18.6. The number of amides is 1. The van der Waals surface area contributed by atoms with Crippen molar-refractivity contribution in [2.24, 2.45) is 28.6 Å². The van der Waals surface area contributed by atoms with E-state index in [0.717, 1.165) is 64.7 Å². The Balaban J connectivity index is 1.29. The van der Waals surface area contributed by atoms with E-state index in [-0.39, 0.29) is 11.3 Å². The standard InChI is InChI=1S/C40H65NO17/c1-18-9-11-21-12-10-20(18)7-5-8-25-39(21,3)13-6-14-40(25,4)38(52)58-37-34(32(51)29(48)24(17-44)55-37)57-36-33(31(50)28(47)23(16-43)54-36)56-35-26(41-19(2)45)30(49)27(46)22(15-42)53-35/h20-37,42-44,46-51H,1,5-17H2,2-4H3,(H,41,45)/t20-,21+,22+,23+,24+,25-,26+,27+,28+,29+,30+,31-,32-,33+,34+,35-,36-,37-,39-,40+/m0/s1. The van der Waals surface area contributed by atoms with Crippen molar-refractivity contribution in [3.63, 3.8) is 0 Å². The summed E-state index contributed by atoms with van der Waals surface area (Å²) in [6.07, 6.45) is -15.1. The number of rotatable bonds is 10. The van der Waals surface area contributed by atoms with Crippen molar-refractivity contribution < 1.29 is 84.0 Å². The molecule has 18 nitrogen and oxygen atoms in total. The van der Waals surface area contributed by atoms with Gasteiger partial charge in [0.05, 0.1) is 25.2 Å². The van der Waals surface area contributed by atoms with Crippen molar-refractivity contribution in [2.45, 2.75) is 177 Å². The summed E-state index contributed by atoms with van der Waals surface area (Å²) in [5.41, 5.74) is 0.143. The van der Waals surface area contributed by atoms with Gasteiger partial charge in [0.15, 0.2) is 18.7 Å². The van der Waals surface area contributed by atoms with Crippen LogP contribution in [0.25, 0.3) is 0 Å². The molecule has 3 saturated heterocycles. The summed E-state index contributed by atoms with van der Waals surface area (Å²) in [7, 11) is 0. The Bertz CT molecular complexity index is 1440. The average Bonchev–Trinajstić information content (AvgIpc) is 3.33. The van der Waals surface area contributed by atoms with Crippen molar-refractivity contribution in [1.29, 1.82) is 0 Å². The Morgan fingerprint density at radius 2 is 1.26 bits per heavy atom. The predicted molar refractivity (Wildman–Crippen MR) is 199 cm³/mol. The number of carbonyl (C=O) groups is 2. The van der Waals surface area contributed by atoms with Gasteiger partial charge in [-0.15, -0.1) is 0 Å². The van der Waals surface area contributed by atoms with Crippen molar-refractivity contribution in [3.05, 3.63) is 12.2 Å². The van der Waals surface area contributed by atoms with Crippen LogP contribution in [0.5, 0.6) is 0 Å². The summed E-state index contributed by atoms with van der Waals surface area (Å²) in [6, 6.07) is -1.49. The van der Waals surface area contributed by atoms with Crippen LogP contribution < -0.4 is 5.32 Å². The van der Waals surface area contributed by atoms with E-state index in [2.05, 4.69) is 18.8 Å². The molecule has 0 aromatic rings. The third-order valence-corrected chi connectivity index (χ3v) is 14.4. The van der Waals surface area contributed by atoms with E-state index in [1.807, 2.05) is 6.92 Å². The second-order valence-electron chi connectivity index (χ2n) is 17.9. The van der Waals surface area contributed by atoms with Gasteiger partial charge in [0.25, 0.3) is 0 Å². The van der Waals surface area contributed by atoms with Gasteiger partial charge in [-0.1, -0.05) is 31.9 Å². The van der Waals surface area contributed by atoms with Gasteiger partial charge < -0.3 is 79.7 Å². The van der Waals surface area contributed by atoms with Crippen LogP contribution in [-0.4, -0.2) is 170 Å². The molecule has 3 aliphatic heterocycles. The summed E-state index contributed by atoms with van der Waals surface area (Å²) < 4.78 is 35.8. The van der Waals surface area contributed by atoms with Crippen molar-refractivity contribution in [1.82, 2.24) is 5.32 Å². The minimum atomic E-state index is -1.94. The van der Waals surface area contributed by atoms with Crippen LogP contribution in [0.2, 0.25) is 0 Å². The lowest BCUT2D eigenvalue weighted by Crippen LogP contribution is -2.68. The molecule has 3 aliphatic carbocycles. The summed E-state index contributed by atoms with van der Waals surface area (Å²) in [4.78, 5) is 26.8. The lowest BCUT2D eigenvalue weighted by Gasteiger charge is -2.55. The van der Waals surface area contributed by atoms with Gasteiger partial charge in [-0.2, -0.15) is 0 Å². The zero-order valence-corrected chi connectivity index (χ0v) is 33.6. The third kappa shape index (κ3) is 8.75. The Morgan fingerprint density at radius 3 is 1.86 bits per heavy atom. The normalized spacial score (nSPS) is 48.8. The Labute approximate surface area is 338 Å². The van der Waals surface area contributed by atoms with Gasteiger partial charge in [0.2, 0.25) is 12.2 Å². The van der Waals surface area contributed by atoms with Gasteiger partial charge in [-0.25, -0.2) is 0 Å². The number of allylic oxidation sites excluding steroid dienone is 1. The summed E-state index contributed by atoms with van der Waals surface area (Å²) in [5.74, 6) is -0.513. The lowest BCUT2D eigenvalue weighted by atomic mass is 9.50. The molecule has 0 unspecified atom stereocenters. The van der Waals surface area contributed by atoms with Gasteiger partial charge in [0.1, 0.15) is 67.1 Å². The van der Waals surface area contributed by atoms with E-state index < -0.39 is 129 Å². The molecular formula is C40H65NO17. The number of esters is 1. The molecule has 0 spiro atoms. The van der Waals surface area contributed by atoms with Gasteiger partial charge in [0, 0.05) is 6.92 Å². The molecule has 10 N–H and O–H groups in total. The van der Waals surface area contributed by atoms with E-state index in [1.54, 1.807) is 0 Å². The van der Waals surface area contributed by atoms with Crippen LogP contribution in [0, 0.1) is 28.6 Å². The quantitative estimate of drug-likeness (QED) is 0.0884. The number of nitrogens with one attached hydrogen (secondary N) is 1. The first-order valence-corrected chi connectivity index (χ1v) is 20.8. The molecule has 1 amide bonds. The number of ether oxygens (including phenoxy) is 6. The van der Waals surface area contributed by atoms with Gasteiger partial charge in [-0.05, 0) is 81.5 Å². The molecule has 6 aliphatic rings. The fraction of sp³-hybridized carbons (Fsp3) is 0.900. The van der Waals surface area contributed by atoms with Crippen molar-refractivity contribution >= 4 is 11.9 Å². The van der Waals surface area contributed by atoms with Crippen LogP contribution >= 0.6 is 0 Å². The number of aliphatic hydroxyl groups is 9. The third-order valence-electron chi connectivity index (χ3n) is 14.4. The lowest BCUT2D eigenvalue weighted by molar-refractivity contribution is -0.385. The molecular weight excluding hydrogens is 766 g/mol. The van der Waals surface area contributed by atoms with Crippen LogP contribution in [0.15, 0.2) is 12.2 Å². The number of carbonyl (C=O) groups excluding carboxylic acids is 2. The highest BCUT2D eigenvalue weighted by atomic mass is 16.8. The predicted octanol–water partition coefficient (Wildman–Crippen LogP) is -1.52. The highest BCUT2D eigenvalue weighted by Gasteiger charge is 2.59. The maximum absolute atomic E-state index is 14.7. The second-order valence-corrected chi connectivity index (χ2v) is 17.9. The molecule has 58 heavy (non-hydrogen) atoms. The maximum atomic E-state index is 14.7. The number of aliphatic hydroxyl groups excluding tert-OH is 9. The van der Waals surface area contributed by atoms with Gasteiger partial charge in [-0.3, -0.25) is 9.59 Å². The molecule has 0 aromatic heterocycles. The van der Waals surface area contributed by atoms with E-state index in [1.165, 1.54) is 5.57 Å². The number of hydrogen-bond donors (Lipinski definition) is 10. The van der Waals surface area contributed by atoms with E-state index in [4.69, 9.17) is 28.4 Å². The van der Waals surface area contributed by atoms with Crippen LogP contribution in [-0.2, 0) is 38.0 Å². The number of fused-ring (bicyclic) bond motifs is 5. The number of hydrogen-bond acceptors (Lipinski definition) is 17. The Hall–Kier alpha value is -1.88. The first-order valence-electron chi connectivity index (χ1n) is 20.8. The Kier molecular flexibility index (Phi) is 14.7. The maximum Gasteiger partial charge on any atom is 0.314 e. The summed E-state index contributed by atoms with van der Waals surface area (Å²) in [5, 5.41) is 98.5. The average molecular weight is 832 g/mol. The van der Waals surface area contributed by atoms with Crippen molar-refractivity contribution in [3.8, 4) is 0 Å². The van der Waals surface area contributed by atoms with E-state index in [9.17, 15) is 55.5 Å². The molecule has 6 rings (SSSR count). The zero-order valence-electron chi connectivity index (χ0n) is 33.6. The largest absolute Gasteiger partial charge is 0.432 e. The fourth-order valence-corrected chi connectivity index (χ4v) is 10.9. The molecule has 2 bridgehead atoms. The molecule has 0 radical (unpaired) electrons. The minimum Gasteiger partial charge on any atom is -0.432 e. The van der Waals surface area contributed by atoms with E-state index in [0.29, 0.717) is 18.3 Å². The van der Waals surface area contributed by atoms with Crippen LogP contribution in [0.3, 0.4) is 0 Å². The summed E-state index contributed by atoms with van der Waals surface area (Å²) >= 11 is 0. The highest BCUT2D eigenvalue weighted by molar-refractivity contribution is 5.77. The van der Waals surface area contributed by atoms with Crippen molar-refractivity contribution in [2.75, 3.05) is 19.8 Å². The minimum absolute atomic E-state index is 0.0615. The first-order chi connectivity index (χ1) is 27.5. The first kappa shape index (κ1) is 45.6. The van der Waals surface area contributed by atoms with Gasteiger partial charge >= 0.3 is 5.97 Å². The molecule has 3 heterocycles. The molecule has 3 saturated carbocycles. The van der Waals surface area contributed by atoms with Crippen LogP contribution in [0.4, 0.5) is 0 Å². The molecule has 332 valence electrons. The SMILES string of the molecule is C=C1CC[C@@H]2CC[C@@H]1CCC[C@H]1[C@@]2(C)CCC[C@@]1(C)C(=O)O[C@@H]1O[C@H](CO)[C@@H](O)[C@H](O)[C@H]1O[C@@H]1O[C@H](CO)[C@@H](O)[C@H](O)[C@H]1O[C@@H]1O[C@H](CO)[C@@H](O)[C@H](O)[C@H]1NC(C)=O. The molecule has 18 heteroatoms. The Morgan fingerprint density at radius 1 is 0.707 bits per heavy atom. The molecule has 20 atom stereocenters. The molecule has 0 aromatic carbocycles. The summed E-state index contributed by atoms with van der Waals surface area (Å²) in [6.45, 7) is 7.34. The monoisotopic (exact) mass is 831 g/mol. The fourth-order valence-electron chi connectivity index (χ4n) is 10.9. The highest BCUT2D eigenvalue weighted by Crippen LogP contribution is 2.61. The van der Waals surface area contributed by atoms with Crippen LogP contribution in [0.1, 0.15) is 85.0 Å². The zero-order chi connectivity index (χ0) is 42.3. The van der Waals surface area contributed by atoms with E-state index >= 15 is 0 Å².